The number of carbonyl (C=O) groups is 2. The van der Waals surface area contributed by atoms with Crippen molar-refractivity contribution < 1.29 is 14.3 Å². The highest BCUT2D eigenvalue weighted by Gasteiger charge is 2.36. The number of ether oxygens (including phenoxy) is 1. The number of amides is 2. The number of nitrogens with zero attached hydrogens (tertiary/aromatic N) is 1. The van der Waals surface area contributed by atoms with Crippen LogP contribution in [0.25, 0.3) is 0 Å². The second-order valence-corrected chi connectivity index (χ2v) is 5.45. The van der Waals surface area contributed by atoms with Crippen molar-refractivity contribution in [1.82, 2.24) is 5.32 Å². The van der Waals surface area contributed by atoms with Crippen molar-refractivity contribution in [2.45, 2.75) is 26.3 Å². The van der Waals surface area contributed by atoms with Crippen LogP contribution in [0.5, 0.6) is 5.75 Å². The standard InChI is InChI=1S/C16H23N3O3/c1-3-22-14-7-5-4-6-13(14)19-10-12(8-15(19)20)16(21)18-11(2)9-17/h4-7,11-12H,3,8-10,17H2,1-2H3,(H,18,21)/t11-,12?/m0/s1. The molecule has 0 spiro atoms. The van der Waals surface area contributed by atoms with Crippen molar-refractivity contribution in [2.24, 2.45) is 11.7 Å². The fraction of sp³-hybridized carbons (Fsp3) is 0.500. The minimum absolute atomic E-state index is 0.0623. The number of anilines is 1. The summed E-state index contributed by atoms with van der Waals surface area (Å²) >= 11 is 0. The molecule has 6 nitrogen and oxygen atoms in total. The van der Waals surface area contributed by atoms with Gasteiger partial charge in [-0.15, -0.1) is 0 Å². The van der Waals surface area contributed by atoms with E-state index in [-0.39, 0.29) is 30.2 Å². The van der Waals surface area contributed by atoms with Crippen LogP contribution in [-0.2, 0) is 9.59 Å². The molecule has 1 aliphatic rings. The second-order valence-electron chi connectivity index (χ2n) is 5.45. The minimum Gasteiger partial charge on any atom is -0.492 e. The molecule has 0 aromatic heterocycles. The van der Waals surface area contributed by atoms with Crippen LogP contribution < -0.4 is 20.7 Å². The lowest BCUT2D eigenvalue weighted by atomic mass is 10.1. The fourth-order valence-corrected chi connectivity index (χ4v) is 2.49. The first kappa shape index (κ1) is 16.3. The van der Waals surface area contributed by atoms with Crippen molar-refractivity contribution in [3.63, 3.8) is 0 Å². The van der Waals surface area contributed by atoms with Gasteiger partial charge < -0.3 is 20.7 Å². The number of nitrogens with one attached hydrogen (secondary N) is 1. The topological polar surface area (TPSA) is 84.7 Å². The monoisotopic (exact) mass is 305 g/mol. The summed E-state index contributed by atoms with van der Waals surface area (Å²) in [6.07, 6.45) is 0.212. The third kappa shape index (κ3) is 3.57. The molecule has 1 fully saturated rings. The number of para-hydroxylation sites is 2. The average molecular weight is 305 g/mol. The van der Waals surface area contributed by atoms with E-state index in [1.54, 1.807) is 4.90 Å². The SMILES string of the molecule is CCOc1ccccc1N1CC(C(=O)N[C@@H](C)CN)CC1=O. The normalized spacial score (nSPS) is 19.1. The summed E-state index contributed by atoms with van der Waals surface area (Å²) in [5.74, 6) is 0.126. The molecular weight excluding hydrogens is 282 g/mol. The van der Waals surface area contributed by atoms with Gasteiger partial charge in [-0.2, -0.15) is 0 Å². The summed E-state index contributed by atoms with van der Waals surface area (Å²) in [6, 6.07) is 7.30. The molecule has 2 atom stereocenters. The van der Waals surface area contributed by atoms with Crippen molar-refractivity contribution in [3.05, 3.63) is 24.3 Å². The van der Waals surface area contributed by atoms with Gasteiger partial charge in [0.1, 0.15) is 5.75 Å². The number of nitrogens with two attached hydrogens (primary N) is 1. The lowest BCUT2D eigenvalue weighted by Crippen LogP contribution is -2.41. The summed E-state index contributed by atoms with van der Waals surface area (Å²) in [4.78, 5) is 26.1. The van der Waals surface area contributed by atoms with Gasteiger partial charge in [0.15, 0.2) is 0 Å². The molecule has 120 valence electrons. The zero-order chi connectivity index (χ0) is 16.1. The molecule has 1 unspecified atom stereocenters. The molecule has 1 heterocycles. The third-order valence-electron chi connectivity index (χ3n) is 3.69. The van der Waals surface area contributed by atoms with Crippen LogP contribution in [0.15, 0.2) is 24.3 Å². The van der Waals surface area contributed by atoms with Gasteiger partial charge in [-0.3, -0.25) is 9.59 Å². The zero-order valence-corrected chi connectivity index (χ0v) is 13.0. The highest BCUT2D eigenvalue weighted by atomic mass is 16.5. The van der Waals surface area contributed by atoms with E-state index in [0.29, 0.717) is 25.4 Å². The lowest BCUT2D eigenvalue weighted by Gasteiger charge is -2.20. The Balaban J connectivity index is 2.11. The Bertz CT molecular complexity index is 547. The Kier molecular flexibility index (Phi) is 5.38. The third-order valence-corrected chi connectivity index (χ3v) is 3.69. The molecule has 6 heteroatoms. The van der Waals surface area contributed by atoms with Gasteiger partial charge in [0.05, 0.1) is 18.2 Å². The molecule has 1 aromatic carbocycles. The molecule has 1 saturated heterocycles. The molecule has 2 amide bonds. The van der Waals surface area contributed by atoms with Gasteiger partial charge in [-0.25, -0.2) is 0 Å². The van der Waals surface area contributed by atoms with Crippen LogP contribution in [-0.4, -0.2) is 37.6 Å². The fourth-order valence-electron chi connectivity index (χ4n) is 2.49. The predicted molar refractivity (Wildman–Crippen MR) is 84.7 cm³/mol. The zero-order valence-electron chi connectivity index (χ0n) is 13.0. The Morgan fingerprint density at radius 1 is 1.50 bits per heavy atom. The van der Waals surface area contributed by atoms with E-state index in [9.17, 15) is 9.59 Å². The highest BCUT2D eigenvalue weighted by molar-refractivity contribution is 6.01. The van der Waals surface area contributed by atoms with E-state index in [4.69, 9.17) is 10.5 Å². The number of carbonyl (C=O) groups excluding carboxylic acids is 2. The van der Waals surface area contributed by atoms with E-state index >= 15 is 0 Å². The van der Waals surface area contributed by atoms with E-state index in [1.165, 1.54) is 0 Å². The minimum atomic E-state index is -0.351. The maximum atomic E-state index is 12.3. The number of rotatable bonds is 6. The molecule has 0 saturated carbocycles. The van der Waals surface area contributed by atoms with Crippen molar-refractivity contribution >= 4 is 17.5 Å². The average Bonchev–Trinajstić information content (AvgIpc) is 2.90. The van der Waals surface area contributed by atoms with Crippen molar-refractivity contribution in [1.29, 1.82) is 0 Å². The maximum absolute atomic E-state index is 12.3. The first-order chi connectivity index (χ1) is 10.6. The molecule has 0 radical (unpaired) electrons. The molecule has 22 heavy (non-hydrogen) atoms. The molecule has 1 aromatic rings. The van der Waals surface area contributed by atoms with Crippen LogP contribution in [0.2, 0.25) is 0 Å². The summed E-state index contributed by atoms with van der Waals surface area (Å²) in [5.41, 5.74) is 6.23. The summed E-state index contributed by atoms with van der Waals surface area (Å²) in [7, 11) is 0. The molecule has 0 aliphatic carbocycles. The second kappa shape index (κ2) is 7.26. The number of benzene rings is 1. The predicted octanol–water partition coefficient (Wildman–Crippen LogP) is 0.902. The first-order valence-electron chi connectivity index (χ1n) is 7.59. The van der Waals surface area contributed by atoms with Crippen LogP contribution in [0.3, 0.4) is 0 Å². The van der Waals surface area contributed by atoms with Gasteiger partial charge in [0, 0.05) is 25.6 Å². The van der Waals surface area contributed by atoms with Crippen LogP contribution in [0, 0.1) is 5.92 Å². The highest BCUT2D eigenvalue weighted by Crippen LogP contribution is 2.33. The Labute approximate surface area is 130 Å². The summed E-state index contributed by atoms with van der Waals surface area (Å²) < 4.78 is 5.56. The lowest BCUT2D eigenvalue weighted by molar-refractivity contribution is -0.126. The van der Waals surface area contributed by atoms with Crippen molar-refractivity contribution in [2.75, 3.05) is 24.6 Å². The van der Waals surface area contributed by atoms with Gasteiger partial charge in [-0.05, 0) is 26.0 Å². The van der Waals surface area contributed by atoms with Gasteiger partial charge in [-0.1, -0.05) is 12.1 Å². The van der Waals surface area contributed by atoms with Crippen LogP contribution >= 0.6 is 0 Å². The van der Waals surface area contributed by atoms with E-state index in [2.05, 4.69) is 5.32 Å². The molecule has 2 rings (SSSR count). The quantitative estimate of drug-likeness (QED) is 0.818. The van der Waals surface area contributed by atoms with Crippen LogP contribution in [0.4, 0.5) is 5.69 Å². The Morgan fingerprint density at radius 3 is 2.91 bits per heavy atom. The van der Waals surface area contributed by atoms with Crippen LogP contribution in [0.1, 0.15) is 20.3 Å². The smallest absolute Gasteiger partial charge is 0.227 e. The molecule has 0 bridgehead atoms. The van der Waals surface area contributed by atoms with Gasteiger partial charge in [0.2, 0.25) is 11.8 Å². The van der Waals surface area contributed by atoms with E-state index in [0.717, 1.165) is 5.69 Å². The Morgan fingerprint density at radius 2 is 2.23 bits per heavy atom. The molecular formula is C16H23N3O3. The molecule has 3 N–H and O–H groups in total. The Hall–Kier alpha value is -2.08. The van der Waals surface area contributed by atoms with Gasteiger partial charge in [0.25, 0.3) is 0 Å². The number of hydrogen-bond acceptors (Lipinski definition) is 4. The summed E-state index contributed by atoms with van der Waals surface area (Å²) in [5, 5.41) is 2.83. The summed E-state index contributed by atoms with van der Waals surface area (Å²) in [6.45, 7) is 5.01. The first-order valence-corrected chi connectivity index (χ1v) is 7.59. The van der Waals surface area contributed by atoms with Gasteiger partial charge >= 0.3 is 0 Å². The largest absolute Gasteiger partial charge is 0.492 e. The number of hydrogen-bond donors (Lipinski definition) is 2. The molecule has 1 aliphatic heterocycles. The van der Waals surface area contributed by atoms with E-state index in [1.807, 2.05) is 38.1 Å². The van der Waals surface area contributed by atoms with E-state index < -0.39 is 0 Å². The van der Waals surface area contributed by atoms with Crippen molar-refractivity contribution in [3.8, 4) is 5.75 Å². The maximum Gasteiger partial charge on any atom is 0.227 e.